The molecule has 0 bridgehead atoms. The third-order valence-electron chi connectivity index (χ3n) is 2.96. The number of halogens is 1. The van der Waals surface area contributed by atoms with Gasteiger partial charge in [0.05, 0.1) is 7.11 Å². The van der Waals surface area contributed by atoms with Gasteiger partial charge < -0.3 is 10.5 Å². The molecule has 0 aliphatic carbocycles. The average Bonchev–Trinajstić information content (AvgIpc) is 2.37. The lowest BCUT2D eigenvalue weighted by Crippen LogP contribution is -2.30. The fourth-order valence-electron chi connectivity index (χ4n) is 2.14. The van der Waals surface area contributed by atoms with Crippen molar-refractivity contribution in [1.82, 2.24) is 4.90 Å². The minimum absolute atomic E-state index is 0.258. The topological polar surface area (TPSA) is 38.5 Å². The van der Waals surface area contributed by atoms with Crippen molar-refractivity contribution in [2.75, 3.05) is 26.7 Å². The Balaban J connectivity index is 2.77. The third kappa shape index (κ3) is 5.17. The van der Waals surface area contributed by atoms with Crippen LogP contribution in [-0.2, 0) is 6.54 Å². The van der Waals surface area contributed by atoms with E-state index in [4.69, 9.17) is 10.5 Å². The van der Waals surface area contributed by atoms with Crippen molar-refractivity contribution in [1.29, 1.82) is 0 Å². The molecule has 0 unspecified atom stereocenters. The molecule has 2 N–H and O–H groups in total. The van der Waals surface area contributed by atoms with Crippen LogP contribution < -0.4 is 10.5 Å². The molecule has 1 aromatic rings. The van der Waals surface area contributed by atoms with E-state index < -0.39 is 0 Å². The summed E-state index contributed by atoms with van der Waals surface area (Å²) in [5.74, 6) is 0.596. The highest BCUT2D eigenvalue weighted by Crippen LogP contribution is 2.21. The van der Waals surface area contributed by atoms with Crippen molar-refractivity contribution < 1.29 is 9.13 Å². The molecule has 0 fully saturated rings. The Morgan fingerprint density at radius 3 is 2.68 bits per heavy atom. The summed E-state index contributed by atoms with van der Waals surface area (Å²) < 4.78 is 19.1. The second kappa shape index (κ2) is 8.12. The number of methoxy groups -OCH3 is 1. The Kier molecular flexibility index (Phi) is 6.81. The van der Waals surface area contributed by atoms with Crippen LogP contribution in [0.4, 0.5) is 4.39 Å². The summed E-state index contributed by atoms with van der Waals surface area (Å²) in [6, 6.07) is 5.28. The average molecular weight is 268 g/mol. The number of rotatable bonds is 8. The van der Waals surface area contributed by atoms with Crippen LogP contribution in [-0.4, -0.2) is 31.6 Å². The van der Waals surface area contributed by atoms with E-state index in [1.807, 2.05) is 12.1 Å². The highest BCUT2D eigenvalue weighted by atomic mass is 19.1. The lowest BCUT2D eigenvalue weighted by molar-refractivity contribution is 0.231. The molecule has 0 heterocycles. The van der Waals surface area contributed by atoms with Crippen LogP contribution in [0.3, 0.4) is 0 Å². The van der Waals surface area contributed by atoms with Gasteiger partial charge in [0.25, 0.3) is 0 Å². The zero-order valence-corrected chi connectivity index (χ0v) is 12.2. The van der Waals surface area contributed by atoms with Gasteiger partial charge in [0, 0.05) is 18.7 Å². The Bertz CT molecular complexity index is 382. The summed E-state index contributed by atoms with van der Waals surface area (Å²) in [4.78, 5) is 2.25. The van der Waals surface area contributed by atoms with E-state index in [2.05, 4.69) is 18.7 Å². The number of benzene rings is 1. The lowest BCUT2D eigenvalue weighted by atomic mass is 10.1. The summed E-state index contributed by atoms with van der Waals surface area (Å²) in [6.45, 7) is 7.42. The first-order valence-corrected chi connectivity index (χ1v) is 6.82. The number of nitrogens with two attached hydrogens (primary N) is 1. The van der Waals surface area contributed by atoms with E-state index in [1.54, 1.807) is 6.07 Å². The molecule has 0 atom stereocenters. The van der Waals surface area contributed by atoms with Crippen LogP contribution in [0.2, 0.25) is 0 Å². The minimum atomic E-state index is -0.258. The van der Waals surface area contributed by atoms with Crippen molar-refractivity contribution in [3.8, 4) is 5.75 Å². The van der Waals surface area contributed by atoms with Crippen LogP contribution in [0, 0.1) is 11.7 Å². The van der Waals surface area contributed by atoms with Gasteiger partial charge in [-0.15, -0.1) is 0 Å². The van der Waals surface area contributed by atoms with Gasteiger partial charge >= 0.3 is 0 Å². The maximum absolute atomic E-state index is 14.1. The molecule has 3 nitrogen and oxygen atoms in total. The van der Waals surface area contributed by atoms with Crippen molar-refractivity contribution in [3.63, 3.8) is 0 Å². The molecular weight excluding hydrogens is 243 g/mol. The quantitative estimate of drug-likeness (QED) is 0.787. The van der Waals surface area contributed by atoms with E-state index >= 15 is 0 Å². The van der Waals surface area contributed by atoms with E-state index in [0.717, 1.165) is 19.5 Å². The van der Waals surface area contributed by atoms with Gasteiger partial charge in [-0.25, -0.2) is 4.39 Å². The normalized spacial score (nSPS) is 11.3. The molecule has 0 saturated heterocycles. The molecule has 0 aliphatic rings. The van der Waals surface area contributed by atoms with Crippen LogP contribution in [0.25, 0.3) is 0 Å². The second-order valence-electron chi connectivity index (χ2n) is 5.20. The van der Waals surface area contributed by atoms with Crippen molar-refractivity contribution in [2.45, 2.75) is 26.8 Å². The molecular formula is C15H25FN2O. The van der Waals surface area contributed by atoms with Crippen molar-refractivity contribution >= 4 is 0 Å². The Hall–Kier alpha value is -1.13. The summed E-state index contributed by atoms with van der Waals surface area (Å²) in [5.41, 5.74) is 6.23. The van der Waals surface area contributed by atoms with Crippen LogP contribution in [0.15, 0.2) is 18.2 Å². The van der Waals surface area contributed by atoms with E-state index in [0.29, 0.717) is 30.3 Å². The maximum atomic E-state index is 14.1. The standard InChI is InChI=1S/C15H25FN2O/c1-12(2)10-18(9-5-8-17)11-13-6-4-7-14(19-3)15(13)16/h4,6-7,12H,5,8-11,17H2,1-3H3. The molecule has 19 heavy (non-hydrogen) atoms. The first-order chi connectivity index (χ1) is 9.08. The van der Waals surface area contributed by atoms with Crippen LogP contribution in [0.1, 0.15) is 25.8 Å². The third-order valence-corrected chi connectivity index (χ3v) is 2.96. The molecule has 0 amide bonds. The smallest absolute Gasteiger partial charge is 0.169 e. The van der Waals surface area contributed by atoms with Crippen molar-refractivity contribution in [2.24, 2.45) is 11.7 Å². The van der Waals surface area contributed by atoms with E-state index in [-0.39, 0.29) is 5.82 Å². The summed E-state index contributed by atoms with van der Waals surface area (Å²) in [5, 5.41) is 0. The zero-order valence-electron chi connectivity index (χ0n) is 12.2. The highest BCUT2D eigenvalue weighted by molar-refractivity contribution is 5.30. The number of hydrogen-bond donors (Lipinski definition) is 1. The number of nitrogens with zero attached hydrogens (tertiary/aromatic N) is 1. The number of ether oxygens (including phenoxy) is 1. The first kappa shape index (κ1) is 15.9. The lowest BCUT2D eigenvalue weighted by Gasteiger charge is -2.24. The van der Waals surface area contributed by atoms with Gasteiger partial charge in [0.2, 0.25) is 0 Å². The first-order valence-electron chi connectivity index (χ1n) is 6.82. The summed E-state index contributed by atoms with van der Waals surface area (Å²) in [6.07, 6.45) is 0.929. The monoisotopic (exact) mass is 268 g/mol. The molecule has 0 radical (unpaired) electrons. The predicted molar refractivity (Wildman–Crippen MR) is 76.7 cm³/mol. The van der Waals surface area contributed by atoms with E-state index in [9.17, 15) is 4.39 Å². The van der Waals surface area contributed by atoms with Crippen molar-refractivity contribution in [3.05, 3.63) is 29.6 Å². The Labute approximate surface area is 115 Å². The van der Waals surface area contributed by atoms with Crippen LogP contribution in [0.5, 0.6) is 5.75 Å². The van der Waals surface area contributed by atoms with Gasteiger partial charge in [0.15, 0.2) is 11.6 Å². The van der Waals surface area contributed by atoms with Gasteiger partial charge in [0.1, 0.15) is 0 Å². The number of hydrogen-bond acceptors (Lipinski definition) is 3. The molecule has 0 aliphatic heterocycles. The molecule has 1 rings (SSSR count). The Morgan fingerprint density at radius 2 is 2.11 bits per heavy atom. The van der Waals surface area contributed by atoms with E-state index in [1.165, 1.54) is 7.11 Å². The largest absolute Gasteiger partial charge is 0.494 e. The van der Waals surface area contributed by atoms with Gasteiger partial charge in [-0.3, -0.25) is 4.90 Å². The van der Waals surface area contributed by atoms with Crippen LogP contribution >= 0.6 is 0 Å². The molecule has 0 saturated carbocycles. The summed E-state index contributed by atoms with van der Waals surface area (Å²) >= 11 is 0. The minimum Gasteiger partial charge on any atom is -0.494 e. The van der Waals surface area contributed by atoms with Gasteiger partial charge in [-0.1, -0.05) is 26.0 Å². The molecule has 1 aromatic carbocycles. The molecule has 0 spiro atoms. The van der Waals surface area contributed by atoms with Gasteiger partial charge in [-0.05, 0) is 31.5 Å². The van der Waals surface area contributed by atoms with Gasteiger partial charge in [-0.2, -0.15) is 0 Å². The maximum Gasteiger partial charge on any atom is 0.169 e. The molecule has 0 aromatic heterocycles. The summed E-state index contributed by atoms with van der Waals surface area (Å²) in [7, 11) is 1.49. The predicted octanol–water partition coefficient (Wildman–Crippen LogP) is 2.64. The fraction of sp³-hybridized carbons (Fsp3) is 0.600. The fourth-order valence-corrected chi connectivity index (χ4v) is 2.14. The second-order valence-corrected chi connectivity index (χ2v) is 5.20. The SMILES string of the molecule is COc1cccc(CN(CCCN)CC(C)C)c1F. The molecule has 108 valence electrons. The molecule has 4 heteroatoms. The zero-order chi connectivity index (χ0) is 14.3. The highest BCUT2D eigenvalue weighted by Gasteiger charge is 2.13. The Morgan fingerprint density at radius 1 is 1.37 bits per heavy atom.